The van der Waals surface area contributed by atoms with E-state index in [1.54, 1.807) is 0 Å². The van der Waals surface area contributed by atoms with Gasteiger partial charge in [0.05, 0.1) is 20.1 Å². The van der Waals surface area contributed by atoms with Gasteiger partial charge in [0.15, 0.2) is 0 Å². The van der Waals surface area contributed by atoms with E-state index in [1.165, 1.54) is 74.0 Å². The van der Waals surface area contributed by atoms with Crippen molar-refractivity contribution >= 4 is 68.0 Å². The maximum Gasteiger partial charge on any atom is 0.0595 e. The summed E-state index contributed by atoms with van der Waals surface area (Å²) >= 11 is 24.0. The largest absolute Gasteiger partial charge is 0.316 e. The molecule has 0 radical (unpaired) electrons. The number of nitrogens with one attached hydrogen (secondary N) is 4. The summed E-state index contributed by atoms with van der Waals surface area (Å²) < 4.78 is 0. The van der Waals surface area contributed by atoms with E-state index in [9.17, 15) is 0 Å². The number of halogens is 4. The van der Waals surface area contributed by atoms with E-state index in [0.29, 0.717) is 20.1 Å². The van der Waals surface area contributed by atoms with Gasteiger partial charge in [-0.3, -0.25) is 0 Å². The van der Waals surface area contributed by atoms with Gasteiger partial charge in [0, 0.05) is 37.7 Å². The Balaban J connectivity index is 1.21. The molecule has 0 saturated carbocycles. The maximum atomic E-state index is 6.06. The van der Waals surface area contributed by atoms with Crippen molar-refractivity contribution in [3.63, 3.8) is 0 Å². The molecule has 0 spiro atoms. The van der Waals surface area contributed by atoms with Crippen molar-refractivity contribution in [3.05, 3.63) is 67.6 Å². The molecule has 2 rings (SSSR count). The van der Waals surface area contributed by atoms with Gasteiger partial charge >= 0.3 is 0 Å². The second-order valence-corrected chi connectivity index (χ2v) is 14.2. The van der Waals surface area contributed by atoms with Crippen LogP contribution in [0, 0.1) is 0 Å². The van der Waals surface area contributed by atoms with Crippen LogP contribution in [-0.4, -0.2) is 50.8 Å². The Morgan fingerprint density at radius 3 is 1.18 bits per heavy atom. The van der Waals surface area contributed by atoms with Gasteiger partial charge in [-0.25, -0.2) is 0 Å². The first-order valence-electron chi connectivity index (χ1n) is 14.5. The van der Waals surface area contributed by atoms with E-state index in [0.717, 1.165) is 52.4 Å². The van der Waals surface area contributed by atoms with Crippen molar-refractivity contribution in [3.8, 4) is 0 Å². The Labute approximate surface area is 270 Å². The average molecular weight is 669 g/mol. The molecule has 226 valence electrons. The highest BCUT2D eigenvalue weighted by Gasteiger charge is 2.01. The van der Waals surface area contributed by atoms with Crippen LogP contribution in [0.2, 0.25) is 20.1 Å². The highest BCUT2D eigenvalue weighted by molar-refractivity contribution is 8.76. The topological polar surface area (TPSA) is 48.1 Å². The highest BCUT2D eigenvalue weighted by atomic mass is 35.5. The third kappa shape index (κ3) is 18.6. The third-order valence-electron chi connectivity index (χ3n) is 6.35. The summed E-state index contributed by atoms with van der Waals surface area (Å²) in [5, 5.41) is 16.6. The first-order chi connectivity index (χ1) is 19.6. The summed E-state index contributed by atoms with van der Waals surface area (Å²) in [6.45, 7) is 8.19. The van der Waals surface area contributed by atoms with Crippen LogP contribution in [0.3, 0.4) is 0 Å². The van der Waals surface area contributed by atoms with E-state index in [2.05, 4.69) is 21.3 Å². The van der Waals surface area contributed by atoms with Crippen molar-refractivity contribution < 1.29 is 0 Å². The predicted octanol–water partition coefficient (Wildman–Crippen LogP) is 8.86. The van der Waals surface area contributed by atoms with Crippen LogP contribution >= 0.6 is 68.0 Å². The molecule has 0 atom stereocenters. The van der Waals surface area contributed by atoms with Crippen LogP contribution in [0.4, 0.5) is 0 Å². The Hall–Kier alpha value is 0.140. The van der Waals surface area contributed by atoms with Crippen molar-refractivity contribution in [1.82, 2.24) is 21.3 Å². The molecule has 0 aliphatic rings. The molecule has 40 heavy (non-hydrogen) atoms. The van der Waals surface area contributed by atoms with Crippen molar-refractivity contribution in [2.24, 2.45) is 0 Å². The Morgan fingerprint density at radius 1 is 0.425 bits per heavy atom. The molecular formula is C30H46Cl4N4S2. The minimum Gasteiger partial charge on any atom is -0.316 e. The Bertz CT molecular complexity index is 850. The molecule has 0 fully saturated rings. The molecule has 0 aliphatic heterocycles. The van der Waals surface area contributed by atoms with Gasteiger partial charge in [0.1, 0.15) is 0 Å². The van der Waals surface area contributed by atoms with Gasteiger partial charge in [-0.2, -0.15) is 0 Å². The second kappa shape index (κ2) is 24.6. The fraction of sp³-hybridized carbons (Fsp3) is 0.600. The smallest absolute Gasteiger partial charge is 0.0595 e. The summed E-state index contributed by atoms with van der Waals surface area (Å²) in [4.78, 5) is 0. The summed E-state index contributed by atoms with van der Waals surface area (Å²) in [5.41, 5.74) is 2.35. The molecular weight excluding hydrogens is 622 g/mol. The van der Waals surface area contributed by atoms with Gasteiger partial charge in [-0.05, 0) is 87.3 Å². The lowest BCUT2D eigenvalue weighted by atomic mass is 10.2. The van der Waals surface area contributed by atoms with Gasteiger partial charge in [-0.15, -0.1) is 0 Å². The monoisotopic (exact) mass is 666 g/mol. The number of benzene rings is 2. The number of unbranched alkanes of at least 4 members (excludes halogenated alkanes) is 6. The zero-order valence-electron chi connectivity index (χ0n) is 23.5. The van der Waals surface area contributed by atoms with E-state index in [-0.39, 0.29) is 0 Å². The molecule has 0 aliphatic carbocycles. The van der Waals surface area contributed by atoms with Gasteiger partial charge in [0.25, 0.3) is 0 Å². The lowest BCUT2D eigenvalue weighted by Gasteiger charge is -2.07. The molecule has 0 aromatic heterocycles. The summed E-state index contributed by atoms with van der Waals surface area (Å²) in [7, 11) is 3.96. The second-order valence-electron chi connectivity index (χ2n) is 9.82. The van der Waals surface area contributed by atoms with Crippen LogP contribution in [0.5, 0.6) is 0 Å². The van der Waals surface area contributed by atoms with Crippen LogP contribution in [0.15, 0.2) is 36.4 Å². The highest BCUT2D eigenvalue weighted by Crippen LogP contribution is 2.23. The average Bonchev–Trinajstić information content (AvgIpc) is 2.94. The van der Waals surface area contributed by atoms with E-state index < -0.39 is 0 Å². The van der Waals surface area contributed by atoms with E-state index in [4.69, 9.17) is 46.4 Å². The van der Waals surface area contributed by atoms with Crippen LogP contribution in [0.25, 0.3) is 0 Å². The van der Waals surface area contributed by atoms with Crippen molar-refractivity contribution in [2.45, 2.75) is 64.5 Å². The Kier molecular flexibility index (Phi) is 22.3. The summed E-state index contributed by atoms with van der Waals surface area (Å²) in [6.07, 6.45) is 10.0. The van der Waals surface area contributed by atoms with Crippen molar-refractivity contribution in [2.75, 3.05) is 50.8 Å². The molecule has 0 heterocycles. The minimum atomic E-state index is 0.612. The molecule has 0 bridgehead atoms. The SMILES string of the molecule is Clc1ccc(CNCCCCCCNCCSSCCNCCCCCCNCc2ccc(Cl)c(Cl)c2)cc1Cl. The van der Waals surface area contributed by atoms with Gasteiger partial charge in [0.2, 0.25) is 0 Å². The standard InChI is InChI=1S/C30H46Cl4N4S2/c31-27-11-9-25(21-29(27)33)23-37-15-7-3-1-5-13-35-17-19-39-40-20-18-36-14-6-2-4-8-16-38-24-26-10-12-28(32)30(34)22-26/h9-12,21-22,35-38H,1-8,13-20,23-24H2. The summed E-state index contributed by atoms with van der Waals surface area (Å²) in [5.74, 6) is 2.34. The lowest BCUT2D eigenvalue weighted by Crippen LogP contribution is -2.19. The molecule has 0 saturated heterocycles. The normalized spacial score (nSPS) is 11.4. The molecule has 0 unspecified atom stereocenters. The number of rotatable bonds is 25. The van der Waals surface area contributed by atoms with E-state index >= 15 is 0 Å². The molecule has 2 aromatic carbocycles. The Morgan fingerprint density at radius 2 is 0.800 bits per heavy atom. The summed E-state index contributed by atoms with van der Waals surface area (Å²) in [6, 6.07) is 11.6. The molecule has 4 N–H and O–H groups in total. The number of hydrogen-bond donors (Lipinski definition) is 4. The maximum absolute atomic E-state index is 6.06. The third-order valence-corrected chi connectivity index (χ3v) is 10.2. The molecule has 10 heteroatoms. The zero-order valence-corrected chi connectivity index (χ0v) is 28.2. The first kappa shape index (κ1) is 36.3. The fourth-order valence-corrected chi connectivity index (χ4v) is 6.61. The quantitative estimate of drug-likeness (QED) is 0.0627. The predicted molar refractivity (Wildman–Crippen MR) is 184 cm³/mol. The molecule has 2 aromatic rings. The number of hydrogen-bond acceptors (Lipinski definition) is 6. The van der Waals surface area contributed by atoms with Crippen LogP contribution < -0.4 is 21.3 Å². The molecule has 0 amide bonds. The van der Waals surface area contributed by atoms with Gasteiger partial charge < -0.3 is 21.3 Å². The van der Waals surface area contributed by atoms with Crippen molar-refractivity contribution in [1.29, 1.82) is 0 Å². The first-order valence-corrected chi connectivity index (χ1v) is 18.5. The minimum absolute atomic E-state index is 0.612. The van der Waals surface area contributed by atoms with Crippen LogP contribution in [0.1, 0.15) is 62.5 Å². The van der Waals surface area contributed by atoms with Crippen LogP contribution in [-0.2, 0) is 13.1 Å². The lowest BCUT2D eigenvalue weighted by molar-refractivity contribution is 0.569. The van der Waals surface area contributed by atoms with Gasteiger partial charge in [-0.1, -0.05) is 106 Å². The van der Waals surface area contributed by atoms with E-state index in [1.807, 2.05) is 58.0 Å². The molecule has 4 nitrogen and oxygen atoms in total. The fourth-order valence-electron chi connectivity index (χ4n) is 4.07. The zero-order chi connectivity index (χ0) is 28.7.